The van der Waals surface area contributed by atoms with Gasteiger partial charge in [0.2, 0.25) is 0 Å². The molecule has 1 N–H and O–H groups in total. The van der Waals surface area contributed by atoms with E-state index in [0.29, 0.717) is 15.7 Å². The minimum absolute atomic E-state index is 0.185. The van der Waals surface area contributed by atoms with Crippen molar-refractivity contribution in [2.75, 3.05) is 31.1 Å². The van der Waals surface area contributed by atoms with Crippen LogP contribution in [0.5, 0.6) is 0 Å². The van der Waals surface area contributed by atoms with E-state index in [2.05, 4.69) is 15.2 Å². The second-order valence-corrected chi connectivity index (χ2v) is 4.88. The standard InChI is InChI=1S/C9H9Cl4N3/c10-5-7(16-3-1-14-2-4-16)6(11)9(13)15-8(5)12/h14H,1-4H2. The predicted octanol–water partition coefficient (Wildman–Crippen LogP) is 3.10. The van der Waals surface area contributed by atoms with Crippen molar-refractivity contribution in [3.8, 4) is 0 Å². The van der Waals surface area contributed by atoms with Crippen molar-refractivity contribution < 1.29 is 0 Å². The summed E-state index contributed by atoms with van der Waals surface area (Å²) in [5.41, 5.74) is 0.676. The molecule has 0 aromatic carbocycles. The molecule has 1 aliphatic heterocycles. The molecule has 1 aliphatic rings. The van der Waals surface area contributed by atoms with Crippen LogP contribution in [0.2, 0.25) is 20.4 Å². The Labute approximate surface area is 114 Å². The van der Waals surface area contributed by atoms with Gasteiger partial charge in [-0.2, -0.15) is 0 Å². The number of nitrogens with one attached hydrogen (secondary N) is 1. The normalized spacial score (nSPS) is 16.6. The summed E-state index contributed by atoms with van der Waals surface area (Å²) in [6, 6.07) is 0. The van der Waals surface area contributed by atoms with Crippen molar-refractivity contribution in [1.82, 2.24) is 10.3 Å². The van der Waals surface area contributed by atoms with Gasteiger partial charge in [0.25, 0.3) is 0 Å². The number of aromatic nitrogens is 1. The van der Waals surface area contributed by atoms with Crippen molar-refractivity contribution in [3.05, 3.63) is 20.4 Å². The maximum absolute atomic E-state index is 6.10. The summed E-state index contributed by atoms with van der Waals surface area (Å²) in [5.74, 6) is 0. The lowest BCUT2D eigenvalue weighted by Gasteiger charge is -2.31. The van der Waals surface area contributed by atoms with Gasteiger partial charge in [0.05, 0.1) is 5.69 Å². The van der Waals surface area contributed by atoms with Gasteiger partial charge in [-0.05, 0) is 0 Å². The molecule has 0 aliphatic carbocycles. The van der Waals surface area contributed by atoms with E-state index in [1.165, 1.54) is 0 Å². The van der Waals surface area contributed by atoms with Crippen LogP contribution in [0.15, 0.2) is 0 Å². The Hall–Kier alpha value is 0.0700. The maximum Gasteiger partial charge on any atom is 0.151 e. The topological polar surface area (TPSA) is 28.2 Å². The molecule has 88 valence electrons. The lowest BCUT2D eigenvalue weighted by molar-refractivity contribution is 0.589. The van der Waals surface area contributed by atoms with Crippen LogP contribution in [-0.2, 0) is 0 Å². The molecule has 16 heavy (non-hydrogen) atoms. The summed E-state index contributed by atoms with van der Waals surface area (Å²) < 4.78 is 0. The minimum Gasteiger partial charge on any atom is -0.366 e. The Morgan fingerprint density at radius 1 is 0.938 bits per heavy atom. The molecule has 0 radical (unpaired) electrons. The van der Waals surface area contributed by atoms with Crippen LogP contribution in [0.25, 0.3) is 0 Å². The summed E-state index contributed by atoms with van der Waals surface area (Å²) in [4.78, 5) is 5.91. The average Bonchev–Trinajstić information content (AvgIpc) is 2.28. The molecule has 0 spiro atoms. The van der Waals surface area contributed by atoms with Gasteiger partial charge in [-0.1, -0.05) is 46.4 Å². The molecule has 0 amide bonds. The van der Waals surface area contributed by atoms with Crippen LogP contribution in [0, 0.1) is 0 Å². The van der Waals surface area contributed by atoms with E-state index in [-0.39, 0.29) is 10.3 Å². The summed E-state index contributed by atoms with van der Waals surface area (Å²) in [7, 11) is 0. The van der Waals surface area contributed by atoms with E-state index in [1.54, 1.807) is 0 Å². The Morgan fingerprint density at radius 3 is 1.94 bits per heavy atom. The smallest absolute Gasteiger partial charge is 0.151 e. The average molecular weight is 301 g/mol. The number of nitrogens with zero attached hydrogens (tertiary/aromatic N) is 2. The second kappa shape index (κ2) is 5.15. The summed E-state index contributed by atoms with van der Waals surface area (Å²) in [6.07, 6.45) is 0. The monoisotopic (exact) mass is 299 g/mol. The fourth-order valence-electron chi connectivity index (χ4n) is 1.64. The number of hydrogen-bond acceptors (Lipinski definition) is 3. The van der Waals surface area contributed by atoms with Gasteiger partial charge >= 0.3 is 0 Å². The first-order valence-electron chi connectivity index (χ1n) is 4.77. The van der Waals surface area contributed by atoms with Crippen LogP contribution < -0.4 is 10.2 Å². The van der Waals surface area contributed by atoms with Gasteiger partial charge in [-0.25, -0.2) is 4.98 Å². The maximum atomic E-state index is 6.10. The highest BCUT2D eigenvalue weighted by Gasteiger charge is 2.21. The summed E-state index contributed by atoms with van der Waals surface area (Å²) >= 11 is 24.0. The number of rotatable bonds is 1. The third-order valence-electron chi connectivity index (χ3n) is 2.41. The van der Waals surface area contributed by atoms with Gasteiger partial charge in [0.15, 0.2) is 10.3 Å². The predicted molar refractivity (Wildman–Crippen MR) is 69.4 cm³/mol. The van der Waals surface area contributed by atoms with Gasteiger partial charge in [0.1, 0.15) is 10.0 Å². The Kier molecular flexibility index (Phi) is 4.03. The SMILES string of the molecule is Clc1nc(Cl)c(Cl)c(N2CCNCC2)c1Cl. The first-order valence-corrected chi connectivity index (χ1v) is 6.28. The molecule has 7 heteroatoms. The molecule has 1 aromatic rings. The molecule has 2 rings (SSSR count). The van der Waals surface area contributed by atoms with Crippen molar-refractivity contribution in [2.45, 2.75) is 0 Å². The van der Waals surface area contributed by atoms with Gasteiger partial charge in [-0.15, -0.1) is 0 Å². The van der Waals surface area contributed by atoms with E-state index >= 15 is 0 Å². The first kappa shape index (κ1) is 12.5. The van der Waals surface area contributed by atoms with E-state index in [1.807, 2.05) is 0 Å². The number of hydrogen-bond donors (Lipinski definition) is 1. The van der Waals surface area contributed by atoms with Gasteiger partial charge < -0.3 is 10.2 Å². The molecule has 1 fully saturated rings. The number of piperazine rings is 1. The van der Waals surface area contributed by atoms with Crippen LogP contribution in [-0.4, -0.2) is 31.2 Å². The minimum atomic E-state index is 0.185. The van der Waals surface area contributed by atoms with Crippen LogP contribution in [0.1, 0.15) is 0 Å². The zero-order chi connectivity index (χ0) is 11.7. The highest BCUT2D eigenvalue weighted by Crippen LogP contribution is 2.41. The molecular formula is C9H9Cl4N3. The van der Waals surface area contributed by atoms with E-state index in [0.717, 1.165) is 26.2 Å². The lowest BCUT2D eigenvalue weighted by atomic mass is 10.3. The molecule has 0 unspecified atom stereocenters. The van der Waals surface area contributed by atoms with E-state index in [4.69, 9.17) is 46.4 Å². The molecule has 0 atom stereocenters. The van der Waals surface area contributed by atoms with Crippen molar-refractivity contribution in [2.24, 2.45) is 0 Å². The molecule has 3 nitrogen and oxygen atoms in total. The molecule has 1 aromatic heterocycles. The quantitative estimate of drug-likeness (QED) is 0.808. The highest BCUT2D eigenvalue weighted by molar-refractivity contribution is 6.48. The first-order chi connectivity index (χ1) is 7.61. The highest BCUT2D eigenvalue weighted by atomic mass is 35.5. The Bertz CT molecular complexity index is 378. The largest absolute Gasteiger partial charge is 0.366 e. The van der Waals surface area contributed by atoms with Crippen molar-refractivity contribution in [3.63, 3.8) is 0 Å². The second-order valence-electron chi connectivity index (χ2n) is 3.41. The zero-order valence-corrected chi connectivity index (χ0v) is 11.3. The Balaban J connectivity index is 2.45. The fraction of sp³-hybridized carbons (Fsp3) is 0.444. The third-order valence-corrected chi connectivity index (χ3v) is 3.86. The molecule has 0 bridgehead atoms. The number of halogens is 4. The van der Waals surface area contributed by atoms with E-state index in [9.17, 15) is 0 Å². The lowest BCUT2D eigenvalue weighted by Crippen LogP contribution is -2.43. The van der Waals surface area contributed by atoms with E-state index < -0.39 is 0 Å². The molecule has 1 saturated heterocycles. The fourth-order valence-corrected chi connectivity index (χ4v) is 2.59. The number of pyridine rings is 1. The van der Waals surface area contributed by atoms with Crippen LogP contribution in [0.4, 0.5) is 5.69 Å². The summed E-state index contributed by atoms with van der Waals surface area (Å²) in [5, 5.41) is 4.33. The van der Waals surface area contributed by atoms with Crippen LogP contribution >= 0.6 is 46.4 Å². The molecule has 2 heterocycles. The van der Waals surface area contributed by atoms with Crippen molar-refractivity contribution in [1.29, 1.82) is 0 Å². The zero-order valence-electron chi connectivity index (χ0n) is 8.23. The third kappa shape index (κ3) is 2.34. The number of anilines is 1. The molecule has 0 saturated carbocycles. The summed E-state index contributed by atoms with van der Waals surface area (Å²) in [6.45, 7) is 3.39. The Morgan fingerprint density at radius 2 is 1.44 bits per heavy atom. The van der Waals surface area contributed by atoms with Crippen LogP contribution in [0.3, 0.4) is 0 Å². The van der Waals surface area contributed by atoms with Gasteiger partial charge in [0, 0.05) is 26.2 Å². The van der Waals surface area contributed by atoms with Gasteiger partial charge in [-0.3, -0.25) is 0 Å². The van der Waals surface area contributed by atoms with Crippen molar-refractivity contribution >= 4 is 52.1 Å². The molecular weight excluding hydrogens is 292 g/mol.